The second kappa shape index (κ2) is 4.96. The van der Waals surface area contributed by atoms with Crippen LogP contribution in [0.3, 0.4) is 0 Å². The molecule has 0 aliphatic rings. The fourth-order valence-electron chi connectivity index (χ4n) is 1.36. The maximum Gasteiger partial charge on any atom is 0.131 e. The van der Waals surface area contributed by atoms with Crippen LogP contribution in [0.15, 0.2) is 18.3 Å². The molecule has 0 radical (unpaired) electrons. The van der Waals surface area contributed by atoms with Crippen molar-refractivity contribution in [2.75, 3.05) is 18.5 Å². The first-order valence-electron chi connectivity index (χ1n) is 4.92. The molecular formula is C11H18N2O. The van der Waals surface area contributed by atoms with Gasteiger partial charge in [0.15, 0.2) is 0 Å². The van der Waals surface area contributed by atoms with Crippen LogP contribution in [0.5, 0.6) is 0 Å². The van der Waals surface area contributed by atoms with E-state index in [1.54, 1.807) is 13.1 Å². The van der Waals surface area contributed by atoms with Crippen LogP contribution in [-0.2, 0) is 0 Å². The molecule has 1 rings (SSSR count). The molecular weight excluding hydrogens is 176 g/mol. The summed E-state index contributed by atoms with van der Waals surface area (Å²) >= 11 is 0. The molecule has 1 atom stereocenters. The summed E-state index contributed by atoms with van der Waals surface area (Å²) in [5, 5.41) is 9.17. The summed E-state index contributed by atoms with van der Waals surface area (Å²) < 4.78 is 0. The van der Waals surface area contributed by atoms with E-state index in [1.165, 1.54) is 5.56 Å². The van der Waals surface area contributed by atoms with Crippen LogP contribution >= 0.6 is 0 Å². The number of hydrogen-bond acceptors (Lipinski definition) is 3. The molecule has 0 bridgehead atoms. The Balaban J connectivity index is 2.60. The van der Waals surface area contributed by atoms with Crippen molar-refractivity contribution in [2.45, 2.75) is 26.4 Å². The second-order valence-corrected chi connectivity index (χ2v) is 3.70. The minimum atomic E-state index is -0.249. The van der Waals surface area contributed by atoms with Crippen molar-refractivity contribution in [1.29, 1.82) is 0 Å². The fourth-order valence-corrected chi connectivity index (χ4v) is 1.36. The van der Waals surface area contributed by atoms with Gasteiger partial charge in [-0.25, -0.2) is 4.98 Å². The Hall–Kier alpha value is -1.09. The largest absolute Gasteiger partial charge is 0.393 e. The summed E-state index contributed by atoms with van der Waals surface area (Å²) in [5.41, 5.74) is 1.17. The zero-order valence-electron chi connectivity index (χ0n) is 9.07. The van der Waals surface area contributed by atoms with Crippen molar-refractivity contribution in [3.63, 3.8) is 0 Å². The summed E-state index contributed by atoms with van der Waals surface area (Å²) in [5.74, 6) is 0.994. The van der Waals surface area contributed by atoms with E-state index in [4.69, 9.17) is 0 Å². The van der Waals surface area contributed by atoms with E-state index in [1.807, 2.05) is 26.1 Å². The number of aliphatic hydroxyl groups excluding tert-OH is 1. The number of hydrogen-bond donors (Lipinski definition) is 1. The lowest BCUT2D eigenvalue weighted by molar-refractivity contribution is 0.187. The van der Waals surface area contributed by atoms with Crippen LogP contribution in [0.2, 0.25) is 0 Å². The molecule has 0 saturated heterocycles. The topological polar surface area (TPSA) is 36.4 Å². The average Bonchev–Trinajstić information content (AvgIpc) is 2.15. The van der Waals surface area contributed by atoms with Crippen molar-refractivity contribution in [3.8, 4) is 0 Å². The third kappa shape index (κ3) is 3.00. The van der Waals surface area contributed by atoms with Crippen molar-refractivity contribution in [2.24, 2.45) is 0 Å². The summed E-state index contributed by atoms with van der Waals surface area (Å²) in [6.07, 6.45) is 2.31. The molecule has 0 aromatic carbocycles. The zero-order valence-corrected chi connectivity index (χ0v) is 9.07. The molecule has 3 nitrogen and oxygen atoms in total. The number of rotatable bonds is 4. The molecule has 1 aromatic rings. The van der Waals surface area contributed by atoms with Gasteiger partial charge in [-0.1, -0.05) is 6.07 Å². The van der Waals surface area contributed by atoms with Gasteiger partial charge in [-0.05, 0) is 31.9 Å². The summed E-state index contributed by atoms with van der Waals surface area (Å²) in [6, 6.07) is 3.97. The van der Waals surface area contributed by atoms with Crippen LogP contribution in [0.1, 0.15) is 18.9 Å². The third-order valence-corrected chi connectivity index (χ3v) is 2.23. The Morgan fingerprint density at radius 1 is 1.57 bits per heavy atom. The lowest BCUT2D eigenvalue weighted by atomic mass is 10.2. The molecule has 1 N–H and O–H groups in total. The van der Waals surface area contributed by atoms with Crippen molar-refractivity contribution in [1.82, 2.24) is 4.98 Å². The molecule has 0 fully saturated rings. The van der Waals surface area contributed by atoms with Gasteiger partial charge in [0.05, 0.1) is 6.10 Å². The first kappa shape index (κ1) is 11.0. The van der Waals surface area contributed by atoms with E-state index in [0.717, 1.165) is 18.8 Å². The van der Waals surface area contributed by atoms with E-state index < -0.39 is 0 Å². The molecule has 14 heavy (non-hydrogen) atoms. The molecule has 1 unspecified atom stereocenters. The van der Waals surface area contributed by atoms with E-state index in [-0.39, 0.29) is 6.10 Å². The van der Waals surface area contributed by atoms with Gasteiger partial charge >= 0.3 is 0 Å². The van der Waals surface area contributed by atoms with Gasteiger partial charge in [-0.15, -0.1) is 0 Å². The summed E-state index contributed by atoms with van der Waals surface area (Å²) in [6.45, 7) is 4.68. The van der Waals surface area contributed by atoms with Crippen LogP contribution in [-0.4, -0.2) is 29.8 Å². The number of nitrogens with zero attached hydrogens (tertiary/aromatic N) is 2. The Labute approximate surface area is 85.4 Å². The van der Waals surface area contributed by atoms with Gasteiger partial charge in [0, 0.05) is 19.8 Å². The van der Waals surface area contributed by atoms with E-state index in [2.05, 4.69) is 9.88 Å². The van der Waals surface area contributed by atoms with E-state index in [9.17, 15) is 5.11 Å². The Bertz CT molecular complexity index is 286. The number of aliphatic hydroxyl groups is 1. The molecule has 78 valence electrons. The molecule has 3 heteroatoms. The van der Waals surface area contributed by atoms with Crippen molar-refractivity contribution in [3.05, 3.63) is 23.9 Å². The molecule has 0 spiro atoms. The molecule has 1 heterocycles. The number of aromatic nitrogens is 1. The maximum absolute atomic E-state index is 9.17. The predicted octanol–water partition coefficient (Wildman–Crippen LogP) is 1.60. The number of anilines is 1. The van der Waals surface area contributed by atoms with Gasteiger partial charge in [-0.2, -0.15) is 0 Å². The highest BCUT2D eigenvalue weighted by molar-refractivity contribution is 5.44. The van der Waals surface area contributed by atoms with Gasteiger partial charge in [0.25, 0.3) is 0 Å². The smallest absolute Gasteiger partial charge is 0.131 e. The highest BCUT2D eigenvalue weighted by Crippen LogP contribution is 2.14. The Morgan fingerprint density at radius 3 is 2.86 bits per heavy atom. The van der Waals surface area contributed by atoms with Crippen LogP contribution in [0.4, 0.5) is 5.82 Å². The van der Waals surface area contributed by atoms with Gasteiger partial charge in [-0.3, -0.25) is 0 Å². The predicted molar refractivity (Wildman–Crippen MR) is 58.5 cm³/mol. The highest BCUT2D eigenvalue weighted by Gasteiger charge is 2.05. The lowest BCUT2D eigenvalue weighted by Crippen LogP contribution is -2.23. The minimum Gasteiger partial charge on any atom is -0.393 e. The highest BCUT2D eigenvalue weighted by atomic mass is 16.3. The Morgan fingerprint density at radius 2 is 2.29 bits per heavy atom. The number of pyridine rings is 1. The Kier molecular flexibility index (Phi) is 3.89. The molecule has 0 amide bonds. The standard InChI is InChI=1S/C11H18N2O/c1-9-5-4-7-12-11(9)13(3)8-6-10(2)14/h4-5,7,10,14H,6,8H2,1-3H3. The SMILES string of the molecule is Cc1cccnc1N(C)CCC(C)O. The maximum atomic E-state index is 9.17. The minimum absolute atomic E-state index is 0.249. The fraction of sp³-hybridized carbons (Fsp3) is 0.545. The van der Waals surface area contributed by atoms with Crippen LogP contribution in [0, 0.1) is 6.92 Å². The lowest BCUT2D eigenvalue weighted by Gasteiger charge is -2.20. The van der Waals surface area contributed by atoms with Gasteiger partial charge in [0.2, 0.25) is 0 Å². The van der Waals surface area contributed by atoms with E-state index >= 15 is 0 Å². The average molecular weight is 194 g/mol. The van der Waals surface area contributed by atoms with Crippen molar-refractivity contribution < 1.29 is 5.11 Å². The summed E-state index contributed by atoms with van der Waals surface area (Å²) in [4.78, 5) is 6.37. The third-order valence-electron chi connectivity index (χ3n) is 2.23. The van der Waals surface area contributed by atoms with Crippen molar-refractivity contribution >= 4 is 5.82 Å². The molecule has 1 aromatic heterocycles. The monoisotopic (exact) mass is 194 g/mol. The molecule has 0 aliphatic heterocycles. The van der Waals surface area contributed by atoms with E-state index in [0.29, 0.717) is 0 Å². The van der Waals surface area contributed by atoms with Crippen LogP contribution in [0.25, 0.3) is 0 Å². The second-order valence-electron chi connectivity index (χ2n) is 3.70. The first-order valence-corrected chi connectivity index (χ1v) is 4.92. The number of aryl methyl sites for hydroxylation is 1. The van der Waals surface area contributed by atoms with Crippen LogP contribution < -0.4 is 4.90 Å². The summed E-state index contributed by atoms with van der Waals surface area (Å²) in [7, 11) is 2.00. The normalized spacial score (nSPS) is 12.6. The molecule has 0 aliphatic carbocycles. The quantitative estimate of drug-likeness (QED) is 0.791. The molecule has 0 saturated carbocycles. The first-order chi connectivity index (χ1) is 6.61. The van der Waals surface area contributed by atoms with Gasteiger partial charge in [0.1, 0.15) is 5.82 Å². The van der Waals surface area contributed by atoms with Gasteiger partial charge < -0.3 is 10.0 Å². The zero-order chi connectivity index (χ0) is 10.6.